The molecule has 0 aromatic heterocycles. The minimum absolute atomic E-state index is 0. The second-order valence-electron chi connectivity index (χ2n) is 10.5. The van der Waals surface area contributed by atoms with Gasteiger partial charge in [-0.3, -0.25) is 0 Å². The maximum atomic E-state index is 2.88. The first-order chi connectivity index (χ1) is 9.73. The van der Waals surface area contributed by atoms with E-state index in [1.807, 2.05) is 0 Å². The molecule has 6 aliphatic rings. The van der Waals surface area contributed by atoms with Crippen LogP contribution in [0, 0.1) is 46.3 Å². The Hall–Kier alpha value is 0.662. The predicted molar refractivity (Wildman–Crippen MR) is 91.6 cm³/mol. The van der Waals surface area contributed by atoms with Gasteiger partial charge in [0.05, 0.1) is 0 Å². The Morgan fingerprint density at radius 1 is 0.773 bits per heavy atom. The Balaban J connectivity index is 0.00000144. The molecule has 2 heteroatoms. The van der Waals surface area contributed by atoms with Gasteiger partial charge in [-0.1, -0.05) is 72.1 Å². The minimum atomic E-state index is 0. The van der Waals surface area contributed by atoms with Crippen LogP contribution in [0.5, 0.6) is 0 Å². The van der Waals surface area contributed by atoms with Crippen LogP contribution in [0.15, 0.2) is 0 Å². The molecule has 118 valence electrons. The van der Waals surface area contributed by atoms with E-state index in [4.69, 9.17) is 0 Å². The van der Waals surface area contributed by atoms with E-state index in [1.165, 1.54) is 25.7 Å². The smallest absolute Gasteiger partial charge is 0.327 e. The molecule has 0 amide bonds. The molecular formula is C20H34BLi. The van der Waals surface area contributed by atoms with Crippen molar-refractivity contribution in [2.75, 3.05) is 0 Å². The molecule has 22 heavy (non-hydrogen) atoms. The van der Waals surface area contributed by atoms with Crippen molar-refractivity contribution in [3.05, 3.63) is 0 Å². The summed E-state index contributed by atoms with van der Waals surface area (Å²) in [6.45, 7) is 15.2. The van der Waals surface area contributed by atoms with Gasteiger partial charge in [-0.15, -0.1) is 0 Å². The fraction of sp³-hybridized carbons (Fsp3) is 1.00. The van der Waals surface area contributed by atoms with Gasteiger partial charge in [0.15, 0.2) is 0 Å². The second kappa shape index (κ2) is 5.33. The van der Waals surface area contributed by atoms with Crippen molar-refractivity contribution in [1.29, 1.82) is 0 Å². The van der Waals surface area contributed by atoms with Gasteiger partial charge >= 0.3 is 18.9 Å². The topological polar surface area (TPSA) is 0 Å². The summed E-state index contributed by atoms with van der Waals surface area (Å²) in [7, 11) is 2.88. The number of hydrogen-bond donors (Lipinski definition) is 0. The van der Waals surface area contributed by atoms with E-state index in [0.29, 0.717) is 10.8 Å². The Kier molecular flexibility index (Phi) is 4.23. The van der Waals surface area contributed by atoms with Crippen LogP contribution in [0.1, 0.15) is 67.2 Å². The largest absolute Gasteiger partial charge is 1.00 e. The Morgan fingerprint density at radius 2 is 1.32 bits per heavy atom. The molecule has 0 unspecified atom stereocenters. The SMILES string of the molecule is C[C@H]1[C@H]([B-][C@H]2[C@H](C)C[C@@H]3C[C@H]2C3(C)C)C[C@@H]2C[C@H]1C2(C)C.[Li+]. The van der Waals surface area contributed by atoms with Crippen LogP contribution in [0.2, 0.25) is 11.6 Å². The molecule has 6 saturated carbocycles. The van der Waals surface area contributed by atoms with Crippen molar-refractivity contribution in [1.82, 2.24) is 0 Å². The molecule has 0 nitrogen and oxygen atoms in total. The third-order valence-electron chi connectivity index (χ3n) is 9.21. The summed E-state index contributed by atoms with van der Waals surface area (Å²) in [6, 6.07) is 0. The number of fused-ring (bicyclic) bond motifs is 4. The molecule has 0 N–H and O–H groups in total. The maximum Gasteiger partial charge on any atom is 1.00 e. The van der Waals surface area contributed by atoms with E-state index >= 15 is 0 Å². The average molecular weight is 292 g/mol. The molecule has 0 heterocycles. The van der Waals surface area contributed by atoms with Crippen molar-refractivity contribution in [2.45, 2.75) is 78.9 Å². The van der Waals surface area contributed by atoms with E-state index in [1.54, 1.807) is 0 Å². The molecule has 6 aliphatic carbocycles. The molecule has 4 bridgehead atoms. The zero-order valence-corrected chi connectivity index (χ0v) is 16.0. The van der Waals surface area contributed by atoms with Crippen molar-refractivity contribution in [2.24, 2.45) is 46.3 Å². The average Bonchev–Trinajstić information content (AvgIpc) is 2.41. The van der Waals surface area contributed by atoms with Crippen LogP contribution < -0.4 is 18.9 Å². The van der Waals surface area contributed by atoms with Gasteiger partial charge in [-0.2, -0.15) is 0 Å². The van der Waals surface area contributed by atoms with Gasteiger partial charge < -0.3 is 7.28 Å². The Labute approximate surface area is 151 Å². The van der Waals surface area contributed by atoms with Crippen molar-refractivity contribution < 1.29 is 18.9 Å². The summed E-state index contributed by atoms with van der Waals surface area (Å²) in [6.07, 6.45) is 6.03. The number of hydrogen-bond acceptors (Lipinski definition) is 0. The summed E-state index contributed by atoms with van der Waals surface area (Å²) < 4.78 is 0. The van der Waals surface area contributed by atoms with Gasteiger partial charge in [0.1, 0.15) is 0 Å². The van der Waals surface area contributed by atoms with Crippen molar-refractivity contribution in [3.63, 3.8) is 0 Å². The van der Waals surface area contributed by atoms with Crippen LogP contribution >= 0.6 is 0 Å². The third kappa shape index (κ3) is 2.17. The predicted octanol–water partition coefficient (Wildman–Crippen LogP) is 2.68. The van der Waals surface area contributed by atoms with E-state index in [2.05, 4.69) is 48.8 Å². The van der Waals surface area contributed by atoms with Gasteiger partial charge in [-0.05, 0) is 41.4 Å². The quantitative estimate of drug-likeness (QED) is 0.687. The summed E-state index contributed by atoms with van der Waals surface area (Å²) in [5.41, 5.74) is 1.27. The monoisotopic (exact) mass is 292 g/mol. The third-order valence-corrected chi connectivity index (χ3v) is 9.21. The first-order valence-corrected chi connectivity index (χ1v) is 9.58. The molecular weight excluding hydrogens is 258 g/mol. The molecule has 0 saturated heterocycles. The summed E-state index contributed by atoms with van der Waals surface area (Å²) in [4.78, 5) is 0. The standard InChI is InChI=1S/C20H34B.Li/c1-11-7-13-9-16(20(13,5)6)18(11)21-17-10-14-8-15(12(17)2)19(14,3)4;/h11-18H,7-10H2,1-6H3;/q-1;+1/t11-,12-,13-,14+,15-,16-,17-,18+;/m1./s1. The molecule has 6 rings (SSSR count). The second-order valence-corrected chi connectivity index (χ2v) is 10.5. The molecule has 0 aromatic carbocycles. The van der Waals surface area contributed by atoms with Crippen molar-refractivity contribution in [3.8, 4) is 0 Å². The maximum absolute atomic E-state index is 2.88. The van der Waals surface area contributed by atoms with E-state index in [0.717, 1.165) is 47.1 Å². The van der Waals surface area contributed by atoms with Gasteiger partial charge in [-0.25, -0.2) is 11.6 Å². The summed E-state index contributed by atoms with van der Waals surface area (Å²) >= 11 is 0. The zero-order valence-electron chi connectivity index (χ0n) is 16.0. The van der Waals surface area contributed by atoms with Gasteiger partial charge in [0.2, 0.25) is 0 Å². The van der Waals surface area contributed by atoms with Crippen LogP contribution in [-0.2, 0) is 0 Å². The van der Waals surface area contributed by atoms with Crippen molar-refractivity contribution >= 4 is 7.28 Å². The fourth-order valence-electron chi connectivity index (χ4n) is 7.16. The van der Waals surface area contributed by atoms with E-state index in [-0.39, 0.29) is 18.9 Å². The molecule has 0 aromatic rings. The molecule has 6 fully saturated rings. The minimum Gasteiger partial charge on any atom is -0.327 e. The fourth-order valence-corrected chi connectivity index (χ4v) is 7.16. The molecule has 2 radical (unpaired) electrons. The van der Waals surface area contributed by atoms with Crippen LogP contribution in [0.3, 0.4) is 0 Å². The summed E-state index contributed by atoms with van der Waals surface area (Å²) in [5, 5.41) is 0. The van der Waals surface area contributed by atoms with Crippen LogP contribution in [0.25, 0.3) is 0 Å². The van der Waals surface area contributed by atoms with E-state index < -0.39 is 0 Å². The number of rotatable bonds is 2. The van der Waals surface area contributed by atoms with Crippen LogP contribution in [-0.4, -0.2) is 7.28 Å². The molecule has 8 atom stereocenters. The summed E-state index contributed by atoms with van der Waals surface area (Å²) in [5.74, 6) is 7.74. The van der Waals surface area contributed by atoms with Crippen LogP contribution in [0.4, 0.5) is 0 Å². The van der Waals surface area contributed by atoms with Gasteiger partial charge in [0, 0.05) is 0 Å². The van der Waals surface area contributed by atoms with E-state index in [9.17, 15) is 0 Å². The first-order valence-electron chi connectivity index (χ1n) is 9.58. The zero-order chi connectivity index (χ0) is 15.2. The Morgan fingerprint density at radius 3 is 1.86 bits per heavy atom. The van der Waals surface area contributed by atoms with Gasteiger partial charge in [0.25, 0.3) is 0 Å². The Bertz CT molecular complexity index is 443. The molecule has 0 spiro atoms. The normalized spacial score (nSPS) is 53.7. The molecule has 0 aliphatic heterocycles. The first kappa shape index (κ1) is 17.5.